The lowest BCUT2D eigenvalue weighted by atomic mass is 9.68. The number of likely N-dealkylation sites (tertiary alicyclic amines) is 1. The minimum absolute atomic E-state index is 0.0957. The maximum absolute atomic E-state index is 11.0. The Labute approximate surface area is 123 Å². The van der Waals surface area contributed by atoms with Crippen LogP contribution in [0.2, 0.25) is 0 Å². The first-order valence-electron chi connectivity index (χ1n) is 8.41. The molecule has 1 aliphatic carbocycles. The highest BCUT2D eigenvalue weighted by molar-refractivity contribution is 5.70. The van der Waals surface area contributed by atoms with Crippen molar-refractivity contribution < 1.29 is 9.90 Å². The summed E-state index contributed by atoms with van der Waals surface area (Å²) in [6.45, 7) is 9.11. The largest absolute Gasteiger partial charge is 0.481 e. The maximum atomic E-state index is 11.0. The fourth-order valence-corrected chi connectivity index (χ4v) is 4.02. The van der Waals surface area contributed by atoms with Crippen LogP contribution in [0.3, 0.4) is 0 Å². The Hall–Kier alpha value is -0.570. The van der Waals surface area contributed by atoms with Gasteiger partial charge in [0, 0.05) is 6.04 Å². The van der Waals surface area contributed by atoms with Crippen LogP contribution in [-0.4, -0.2) is 35.1 Å². The van der Waals surface area contributed by atoms with Gasteiger partial charge in [-0.25, -0.2) is 0 Å². The van der Waals surface area contributed by atoms with Gasteiger partial charge in [0.1, 0.15) is 0 Å². The summed E-state index contributed by atoms with van der Waals surface area (Å²) in [5, 5.41) is 9.07. The molecule has 3 nitrogen and oxygen atoms in total. The number of carbonyl (C=O) groups is 1. The molecule has 0 aromatic carbocycles. The van der Waals surface area contributed by atoms with Gasteiger partial charge in [0.2, 0.25) is 0 Å². The summed E-state index contributed by atoms with van der Waals surface area (Å²) in [5.41, 5.74) is 0.487. The molecule has 0 amide bonds. The molecule has 1 saturated carbocycles. The van der Waals surface area contributed by atoms with E-state index >= 15 is 0 Å². The van der Waals surface area contributed by atoms with Gasteiger partial charge in [0.05, 0.1) is 5.92 Å². The lowest BCUT2D eigenvalue weighted by Gasteiger charge is -2.43. The second-order valence-electron chi connectivity index (χ2n) is 7.50. The van der Waals surface area contributed by atoms with Crippen LogP contribution in [0.1, 0.15) is 65.7 Å². The number of carboxylic acid groups (broad SMARTS) is 1. The lowest BCUT2D eigenvalue weighted by molar-refractivity contribution is -0.143. The molecular formula is C17H31NO2. The third-order valence-corrected chi connectivity index (χ3v) is 6.11. The van der Waals surface area contributed by atoms with Gasteiger partial charge in [-0.15, -0.1) is 0 Å². The zero-order valence-corrected chi connectivity index (χ0v) is 13.4. The second kappa shape index (κ2) is 6.46. The predicted molar refractivity (Wildman–Crippen MR) is 81.8 cm³/mol. The molecule has 1 saturated heterocycles. The zero-order valence-electron chi connectivity index (χ0n) is 13.4. The van der Waals surface area contributed by atoms with Gasteiger partial charge in [-0.2, -0.15) is 0 Å². The van der Waals surface area contributed by atoms with Crippen molar-refractivity contribution in [3.8, 4) is 0 Å². The van der Waals surface area contributed by atoms with E-state index in [2.05, 4.69) is 25.7 Å². The zero-order chi connectivity index (χ0) is 14.8. The minimum atomic E-state index is -0.599. The third kappa shape index (κ3) is 3.55. The first-order valence-corrected chi connectivity index (χ1v) is 8.41. The average Bonchev–Trinajstić information content (AvgIpc) is 2.47. The van der Waals surface area contributed by atoms with E-state index in [1.807, 2.05) is 0 Å². The molecule has 2 fully saturated rings. The average molecular weight is 281 g/mol. The standard InChI is InChI=1S/C17H31NO2/c1-4-17(2,3)14-5-7-15(8-6-14)18-11-9-13(10-12-18)16(19)20/h13-15H,4-12H2,1-3H3,(H,19,20). The Morgan fingerprint density at radius 1 is 1.10 bits per heavy atom. The summed E-state index contributed by atoms with van der Waals surface area (Å²) in [6, 6.07) is 0.716. The van der Waals surface area contributed by atoms with Crippen molar-refractivity contribution in [3.05, 3.63) is 0 Å². The number of aliphatic carboxylic acids is 1. The van der Waals surface area contributed by atoms with Gasteiger partial charge >= 0.3 is 5.97 Å². The number of hydrogen-bond acceptors (Lipinski definition) is 2. The minimum Gasteiger partial charge on any atom is -0.481 e. The fourth-order valence-electron chi connectivity index (χ4n) is 4.02. The molecule has 1 heterocycles. The highest BCUT2D eigenvalue weighted by Gasteiger charge is 2.35. The molecule has 0 spiro atoms. The number of rotatable bonds is 4. The van der Waals surface area contributed by atoms with Gasteiger partial charge < -0.3 is 10.0 Å². The first kappa shape index (κ1) is 15.8. The number of carboxylic acids is 1. The molecule has 0 radical (unpaired) electrons. The molecule has 3 heteroatoms. The van der Waals surface area contributed by atoms with Crippen molar-refractivity contribution in [2.45, 2.75) is 71.8 Å². The van der Waals surface area contributed by atoms with Gasteiger partial charge in [-0.3, -0.25) is 4.79 Å². The van der Waals surface area contributed by atoms with E-state index in [0.717, 1.165) is 31.8 Å². The molecule has 2 rings (SSSR count). The second-order valence-corrected chi connectivity index (χ2v) is 7.50. The molecule has 0 unspecified atom stereocenters. The molecule has 1 aliphatic heterocycles. The summed E-state index contributed by atoms with van der Waals surface area (Å²) >= 11 is 0. The Kier molecular flexibility index (Phi) is 5.11. The van der Waals surface area contributed by atoms with Crippen LogP contribution in [0.5, 0.6) is 0 Å². The van der Waals surface area contributed by atoms with E-state index in [9.17, 15) is 4.79 Å². The van der Waals surface area contributed by atoms with Gasteiger partial charge in [0.15, 0.2) is 0 Å². The van der Waals surface area contributed by atoms with Crippen LogP contribution < -0.4 is 0 Å². The van der Waals surface area contributed by atoms with Crippen molar-refractivity contribution in [2.24, 2.45) is 17.3 Å². The molecular weight excluding hydrogens is 250 g/mol. The summed E-state index contributed by atoms with van der Waals surface area (Å²) in [6.07, 6.45) is 8.28. The quantitative estimate of drug-likeness (QED) is 0.852. The van der Waals surface area contributed by atoms with Crippen molar-refractivity contribution >= 4 is 5.97 Å². The number of hydrogen-bond donors (Lipinski definition) is 1. The summed E-state index contributed by atoms with van der Waals surface area (Å²) < 4.78 is 0. The predicted octanol–water partition coefficient (Wildman–Crippen LogP) is 3.78. The summed E-state index contributed by atoms with van der Waals surface area (Å²) in [7, 11) is 0. The summed E-state index contributed by atoms with van der Waals surface area (Å²) in [4.78, 5) is 13.6. The normalized spacial score (nSPS) is 30.4. The molecule has 2 aliphatic rings. The van der Waals surface area contributed by atoms with E-state index in [0.29, 0.717) is 11.5 Å². The van der Waals surface area contributed by atoms with Crippen molar-refractivity contribution in [2.75, 3.05) is 13.1 Å². The number of piperidine rings is 1. The highest BCUT2D eigenvalue weighted by Crippen LogP contribution is 2.41. The molecule has 0 aromatic rings. The molecule has 20 heavy (non-hydrogen) atoms. The Morgan fingerprint density at radius 2 is 1.65 bits per heavy atom. The van der Waals surface area contributed by atoms with E-state index in [1.54, 1.807) is 0 Å². The van der Waals surface area contributed by atoms with Gasteiger partial charge in [0.25, 0.3) is 0 Å². The molecule has 116 valence electrons. The van der Waals surface area contributed by atoms with Gasteiger partial charge in [-0.05, 0) is 62.9 Å². The smallest absolute Gasteiger partial charge is 0.306 e. The SMILES string of the molecule is CCC(C)(C)C1CCC(N2CCC(C(=O)O)CC2)CC1. The van der Waals surface area contributed by atoms with Crippen LogP contribution >= 0.6 is 0 Å². The van der Waals surface area contributed by atoms with E-state index in [-0.39, 0.29) is 5.92 Å². The van der Waals surface area contributed by atoms with Crippen LogP contribution in [0.4, 0.5) is 0 Å². The maximum Gasteiger partial charge on any atom is 0.306 e. The van der Waals surface area contributed by atoms with Crippen LogP contribution in [0, 0.1) is 17.3 Å². The Morgan fingerprint density at radius 3 is 2.10 bits per heavy atom. The molecule has 0 atom stereocenters. The van der Waals surface area contributed by atoms with Crippen LogP contribution in [-0.2, 0) is 4.79 Å². The monoisotopic (exact) mass is 281 g/mol. The van der Waals surface area contributed by atoms with Crippen LogP contribution in [0.25, 0.3) is 0 Å². The third-order valence-electron chi connectivity index (χ3n) is 6.11. The molecule has 1 N–H and O–H groups in total. The van der Waals surface area contributed by atoms with Crippen molar-refractivity contribution in [3.63, 3.8) is 0 Å². The number of nitrogens with zero attached hydrogens (tertiary/aromatic N) is 1. The van der Waals surface area contributed by atoms with Crippen molar-refractivity contribution in [1.82, 2.24) is 4.90 Å². The Balaban J connectivity index is 1.79. The lowest BCUT2D eigenvalue weighted by Crippen LogP contribution is -2.45. The first-order chi connectivity index (χ1) is 9.44. The van der Waals surface area contributed by atoms with E-state index in [1.165, 1.54) is 32.1 Å². The molecule has 0 bridgehead atoms. The highest BCUT2D eigenvalue weighted by atomic mass is 16.4. The van der Waals surface area contributed by atoms with E-state index in [4.69, 9.17) is 5.11 Å². The Bertz CT molecular complexity index is 324. The summed E-state index contributed by atoms with van der Waals surface area (Å²) in [5.74, 6) is 0.181. The van der Waals surface area contributed by atoms with Gasteiger partial charge in [-0.1, -0.05) is 27.2 Å². The van der Waals surface area contributed by atoms with Crippen molar-refractivity contribution in [1.29, 1.82) is 0 Å². The fraction of sp³-hybridized carbons (Fsp3) is 0.941. The topological polar surface area (TPSA) is 40.5 Å². The molecule has 0 aromatic heterocycles. The van der Waals surface area contributed by atoms with Crippen LogP contribution in [0.15, 0.2) is 0 Å². The van der Waals surface area contributed by atoms with E-state index < -0.39 is 5.97 Å².